The summed E-state index contributed by atoms with van der Waals surface area (Å²) in [4.78, 5) is 50.6. The molecule has 2 N–H and O–H groups in total. The average molecular weight is 696 g/mol. The van der Waals surface area contributed by atoms with Crippen molar-refractivity contribution in [1.82, 2.24) is 24.5 Å². The second kappa shape index (κ2) is 12.1. The number of hydrogen-bond acceptors (Lipinski definition) is 10. The van der Waals surface area contributed by atoms with Gasteiger partial charge in [0.1, 0.15) is 23.3 Å². The predicted octanol–water partition coefficient (Wildman–Crippen LogP) is 5.25. The van der Waals surface area contributed by atoms with Crippen LogP contribution in [0.2, 0.25) is 0 Å². The molecule has 0 unspecified atom stereocenters. The Morgan fingerprint density at radius 2 is 1.81 bits per heavy atom. The lowest BCUT2D eigenvalue weighted by Gasteiger charge is -2.26. The van der Waals surface area contributed by atoms with Gasteiger partial charge >= 0.3 is 18.3 Å². The third-order valence-electron chi connectivity index (χ3n) is 7.43. The zero-order chi connectivity index (χ0) is 34.6. The van der Waals surface area contributed by atoms with Crippen LogP contribution in [0.25, 0.3) is 10.4 Å². The monoisotopic (exact) mass is 695 g/mol. The number of imide groups is 1. The van der Waals surface area contributed by atoms with Crippen LogP contribution in [0.15, 0.2) is 35.2 Å². The highest BCUT2D eigenvalue weighted by atomic mass is 32.2. The number of alkyl halides is 3. The lowest BCUT2D eigenvalue weighted by Crippen LogP contribution is -2.43. The van der Waals surface area contributed by atoms with Gasteiger partial charge in [-0.25, -0.2) is 37.6 Å². The first kappa shape index (κ1) is 34.1. The van der Waals surface area contributed by atoms with Gasteiger partial charge in [-0.3, -0.25) is 9.69 Å². The van der Waals surface area contributed by atoms with Crippen LogP contribution in [-0.4, -0.2) is 84.2 Å². The Bertz CT molecular complexity index is 1870. The van der Waals surface area contributed by atoms with Gasteiger partial charge in [0.05, 0.1) is 27.6 Å². The molecular formula is C29H32F3N7O6S2. The van der Waals surface area contributed by atoms with Crippen LogP contribution in [-0.2, 0) is 21.3 Å². The van der Waals surface area contributed by atoms with Crippen molar-refractivity contribution in [3.63, 3.8) is 0 Å². The number of halogens is 3. The van der Waals surface area contributed by atoms with Gasteiger partial charge in [-0.1, -0.05) is 17.4 Å². The number of urea groups is 1. The van der Waals surface area contributed by atoms with Crippen molar-refractivity contribution >= 4 is 56.2 Å². The molecule has 5 rings (SSSR count). The van der Waals surface area contributed by atoms with Gasteiger partial charge in [0.25, 0.3) is 5.91 Å². The van der Waals surface area contributed by atoms with E-state index in [-0.39, 0.29) is 30.0 Å². The summed E-state index contributed by atoms with van der Waals surface area (Å²) in [5, 5.41) is 3.42. The Kier molecular flexibility index (Phi) is 8.74. The molecule has 1 fully saturated rings. The van der Waals surface area contributed by atoms with Crippen molar-refractivity contribution in [2.45, 2.75) is 63.9 Å². The molecule has 252 valence electrons. The van der Waals surface area contributed by atoms with Crippen molar-refractivity contribution in [3.8, 4) is 10.4 Å². The highest BCUT2D eigenvalue weighted by Crippen LogP contribution is 2.41. The number of aryl methyl sites for hydroxylation is 1. The van der Waals surface area contributed by atoms with Crippen LogP contribution in [0.4, 0.5) is 39.5 Å². The lowest BCUT2D eigenvalue weighted by atomic mass is 10.0. The highest BCUT2D eigenvalue weighted by molar-refractivity contribution is 7.89. The molecule has 0 spiro atoms. The number of fused-ring (bicyclic) bond motifs is 1. The maximum atomic E-state index is 13.5. The van der Waals surface area contributed by atoms with E-state index in [1.807, 2.05) is 0 Å². The molecule has 2 aliphatic rings. The Labute approximate surface area is 272 Å². The number of sulfonamides is 1. The minimum atomic E-state index is -4.71. The molecule has 2 aliphatic heterocycles. The smallest absolute Gasteiger partial charge is 0.418 e. The van der Waals surface area contributed by atoms with E-state index in [0.29, 0.717) is 32.0 Å². The molecule has 1 atom stereocenters. The highest BCUT2D eigenvalue weighted by Gasteiger charge is 2.46. The number of ether oxygens (including phenoxy) is 1. The van der Waals surface area contributed by atoms with Crippen LogP contribution in [0, 0.1) is 6.92 Å². The van der Waals surface area contributed by atoms with Gasteiger partial charge in [-0.15, -0.1) is 0 Å². The van der Waals surface area contributed by atoms with Gasteiger partial charge in [0.2, 0.25) is 10.0 Å². The van der Waals surface area contributed by atoms with Gasteiger partial charge in [0.15, 0.2) is 5.13 Å². The fourth-order valence-corrected chi connectivity index (χ4v) is 7.04. The molecule has 0 saturated carbocycles. The van der Waals surface area contributed by atoms with Crippen molar-refractivity contribution in [3.05, 3.63) is 47.2 Å². The molecule has 2 aromatic heterocycles. The summed E-state index contributed by atoms with van der Waals surface area (Å²) >= 11 is 1.13. The Balaban J connectivity index is 1.42. The molecular weight excluding hydrogens is 663 g/mol. The number of nitrogens with zero attached hydrogens (tertiary/aromatic N) is 5. The van der Waals surface area contributed by atoms with Crippen LogP contribution in [0.5, 0.6) is 0 Å². The van der Waals surface area contributed by atoms with Crippen LogP contribution >= 0.6 is 11.3 Å². The number of pyridine rings is 1. The number of nitrogens with one attached hydrogen (secondary N) is 2. The summed E-state index contributed by atoms with van der Waals surface area (Å²) < 4.78 is 74.0. The number of benzene rings is 1. The summed E-state index contributed by atoms with van der Waals surface area (Å²) in [5.74, 6) is -0.422. The van der Waals surface area contributed by atoms with E-state index in [1.54, 1.807) is 45.9 Å². The average Bonchev–Trinajstić information content (AvgIpc) is 3.65. The molecule has 4 amide bonds. The fourth-order valence-electron chi connectivity index (χ4n) is 5.09. The number of rotatable bonds is 7. The standard InChI is InChI=1S/C29H32F3N7O6S2/c1-15-23(17-12-18-14-39(16(2)29(30,31)32)24(40)22(18)19(13-17)47(43,44)33-6)46-25(34-15)36-20-8-7-9-21(35-20)37-10-11-38(26(37)41)27(42)45-28(3,4)5/h7-9,12-13,16,33H,10-11,14H2,1-6H3,(H,34,35,36)/t16-/m0/s1. The molecule has 1 aromatic carbocycles. The number of anilines is 3. The minimum Gasteiger partial charge on any atom is -0.443 e. The molecule has 0 bridgehead atoms. The molecule has 1 saturated heterocycles. The topological polar surface area (TPSA) is 154 Å². The molecule has 0 aliphatic carbocycles. The quantitative estimate of drug-likeness (QED) is 0.338. The summed E-state index contributed by atoms with van der Waals surface area (Å²) in [6.07, 6.45) is -5.46. The minimum absolute atomic E-state index is 0.118. The number of hydrogen-bond donors (Lipinski definition) is 2. The first-order valence-corrected chi connectivity index (χ1v) is 16.6. The molecule has 18 heteroatoms. The second-order valence-corrected chi connectivity index (χ2v) is 14.7. The van der Waals surface area contributed by atoms with Crippen LogP contribution < -0.4 is 14.9 Å². The van der Waals surface area contributed by atoms with E-state index >= 15 is 0 Å². The maximum absolute atomic E-state index is 13.5. The van der Waals surface area contributed by atoms with E-state index in [0.717, 1.165) is 30.2 Å². The lowest BCUT2D eigenvalue weighted by molar-refractivity contribution is -0.172. The van der Waals surface area contributed by atoms with Crippen molar-refractivity contribution in [1.29, 1.82) is 0 Å². The third-order valence-corrected chi connectivity index (χ3v) is 9.99. The normalized spacial score (nSPS) is 16.1. The van der Waals surface area contributed by atoms with E-state index in [4.69, 9.17) is 4.74 Å². The molecule has 0 radical (unpaired) electrons. The number of aromatic nitrogens is 2. The van der Waals surface area contributed by atoms with E-state index < -0.39 is 57.3 Å². The first-order chi connectivity index (χ1) is 21.8. The summed E-state index contributed by atoms with van der Waals surface area (Å²) in [7, 11) is -3.10. The number of carbonyl (C=O) groups is 3. The van der Waals surface area contributed by atoms with Crippen LogP contribution in [0.3, 0.4) is 0 Å². The summed E-state index contributed by atoms with van der Waals surface area (Å²) in [6, 6.07) is 4.96. The maximum Gasteiger partial charge on any atom is 0.418 e. The Morgan fingerprint density at radius 1 is 1.11 bits per heavy atom. The summed E-state index contributed by atoms with van der Waals surface area (Å²) in [5.41, 5.74) is -0.105. The fraction of sp³-hybridized carbons (Fsp3) is 0.414. The zero-order valence-electron chi connectivity index (χ0n) is 26.2. The molecule has 3 aromatic rings. The van der Waals surface area contributed by atoms with Crippen molar-refractivity contribution < 1.29 is 40.7 Å². The van der Waals surface area contributed by atoms with E-state index in [9.17, 15) is 36.0 Å². The largest absolute Gasteiger partial charge is 0.443 e. The first-order valence-electron chi connectivity index (χ1n) is 14.3. The molecule has 4 heterocycles. The number of amides is 4. The Hall–Kier alpha value is -4.29. The van der Waals surface area contributed by atoms with Crippen molar-refractivity contribution in [2.24, 2.45) is 0 Å². The third kappa shape index (κ3) is 6.75. The molecule has 47 heavy (non-hydrogen) atoms. The van der Waals surface area contributed by atoms with Crippen molar-refractivity contribution in [2.75, 3.05) is 30.4 Å². The zero-order valence-corrected chi connectivity index (χ0v) is 27.9. The second-order valence-electron chi connectivity index (χ2n) is 11.9. The van der Waals surface area contributed by atoms with Gasteiger partial charge in [-0.2, -0.15) is 13.2 Å². The SMILES string of the molecule is CNS(=O)(=O)c1cc(-c2sc(Nc3cccc(N4CCN(C(=O)OC(C)(C)C)C4=O)n3)nc2C)cc2c1C(=O)N([C@@H](C)C(F)(F)F)C2. The number of carbonyl (C=O) groups excluding carboxylic acids is 3. The number of thiazole rings is 1. The van der Waals surface area contributed by atoms with Crippen LogP contribution in [0.1, 0.15) is 49.3 Å². The predicted molar refractivity (Wildman–Crippen MR) is 167 cm³/mol. The van der Waals surface area contributed by atoms with E-state index in [2.05, 4.69) is 20.0 Å². The van der Waals surface area contributed by atoms with Gasteiger partial charge in [-0.05, 0) is 77.1 Å². The Morgan fingerprint density at radius 3 is 2.45 bits per heavy atom. The van der Waals surface area contributed by atoms with Gasteiger partial charge in [0, 0.05) is 13.1 Å². The molecule has 13 nitrogen and oxygen atoms in total. The van der Waals surface area contributed by atoms with Gasteiger partial charge < -0.3 is 15.0 Å². The summed E-state index contributed by atoms with van der Waals surface area (Å²) in [6.45, 7) is 7.53. The van der Waals surface area contributed by atoms with E-state index in [1.165, 1.54) is 17.0 Å².